The third kappa shape index (κ3) is 2.80. The lowest BCUT2D eigenvalue weighted by atomic mass is 10.1. The smallest absolute Gasteiger partial charge is 0.253 e. The number of nitrogens with zero attached hydrogens (tertiary/aromatic N) is 2. The number of primary amides is 1. The number of piperidine rings is 1. The molecule has 0 atom stereocenters. The van der Waals surface area contributed by atoms with Gasteiger partial charge in [-0.15, -0.1) is 11.3 Å². The van der Waals surface area contributed by atoms with Crippen LogP contribution in [-0.2, 0) is 0 Å². The summed E-state index contributed by atoms with van der Waals surface area (Å²) in [4.78, 5) is 14.1. The van der Waals surface area contributed by atoms with E-state index < -0.39 is 5.91 Å². The first-order valence-electron chi connectivity index (χ1n) is 6.10. The number of nitriles is 1. The van der Waals surface area contributed by atoms with Gasteiger partial charge in [0.15, 0.2) is 0 Å². The molecule has 2 heterocycles. The standard InChI is InChI=1S/C12H17N5OS/c1-17-4-2-7(3-5-17)16-12-9(11(15)18)10(14)8(6-13)19-12/h7,16H,2-5,14H2,1H3,(H2,15,18). The molecule has 1 aliphatic rings. The zero-order valence-electron chi connectivity index (χ0n) is 10.8. The molecule has 1 amide bonds. The summed E-state index contributed by atoms with van der Waals surface area (Å²) >= 11 is 1.20. The molecule has 0 radical (unpaired) electrons. The Morgan fingerprint density at radius 3 is 2.68 bits per heavy atom. The molecule has 0 unspecified atom stereocenters. The van der Waals surface area contributed by atoms with Gasteiger partial charge in [-0.25, -0.2) is 0 Å². The molecule has 0 saturated carbocycles. The monoisotopic (exact) mass is 279 g/mol. The molecular weight excluding hydrogens is 262 g/mol. The predicted molar refractivity (Wildman–Crippen MR) is 76.1 cm³/mol. The summed E-state index contributed by atoms with van der Waals surface area (Å²) < 4.78 is 0. The number of amides is 1. The Balaban J connectivity index is 2.20. The van der Waals surface area contributed by atoms with Crippen molar-refractivity contribution in [2.45, 2.75) is 18.9 Å². The van der Waals surface area contributed by atoms with Gasteiger partial charge in [-0.2, -0.15) is 5.26 Å². The van der Waals surface area contributed by atoms with Crippen molar-refractivity contribution in [3.8, 4) is 6.07 Å². The minimum atomic E-state index is -0.592. The summed E-state index contributed by atoms with van der Waals surface area (Å²) in [5, 5.41) is 12.9. The Bertz CT molecular complexity index is 525. The molecule has 0 aromatic carbocycles. The van der Waals surface area contributed by atoms with Gasteiger partial charge >= 0.3 is 0 Å². The third-order valence-electron chi connectivity index (χ3n) is 3.35. The maximum absolute atomic E-state index is 11.5. The number of nitrogens with two attached hydrogens (primary N) is 2. The fraction of sp³-hybridized carbons (Fsp3) is 0.500. The first-order chi connectivity index (χ1) is 9.02. The Hall–Kier alpha value is -1.78. The minimum Gasteiger partial charge on any atom is -0.396 e. The fourth-order valence-electron chi connectivity index (χ4n) is 2.21. The van der Waals surface area contributed by atoms with E-state index in [9.17, 15) is 4.79 Å². The Morgan fingerprint density at radius 1 is 1.53 bits per heavy atom. The molecule has 1 aromatic heterocycles. The molecule has 1 aromatic rings. The highest BCUT2D eigenvalue weighted by atomic mass is 32.1. The van der Waals surface area contributed by atoms with E-state index in [1.807, 2.05) is 6.07 Å². The molecular formula is C12H17N5OS. The first-order valence-corrected chi connectivity index (χ1v) is 6.91. The maximum Gasteiger partial charge on any atom is 0.253 e. The zero-order valence-corrected chi connectivity index (χ0v) is 11.6. The fourth-order valence-corrected chi connectivity index (χ4v) is 3.21. The largest absolute Gasteiger partial charge is 0.396 e. The van der Waals surface area contributed by atoms with Gasteiger partial charge in [0.1, 0.15) is 15.9 Å². The molecule has 5 N–H and O–H groups in total. The van der Waals surface area contributed by atoms with Crippen LogP contribution in [0, 0.1) is 11.3 Å². The molecule has 2 rings (SSSR count). The predicted octanol–water partition coefficient (Wildman–Crippen LogP) is 0.807. The summed E-state index contributed by atoms with van der Waals surface area (Å²) in [6.45, 7) is 2.02. The number of anilines is 2. The van der Waals surface area contributed by atoms with Gasteiger partial charge in [0.25, 0.3) is 5.91 Å². The number of rotatable bonds is 3. The molecule has 6 nitrogen and oxygen atoms in total. The number of nitrogens with one attached hydrogen (secondary N) is 1. The van der Waals surface area contributed by atoms with E-state index in [4.69, 9.17) is 16.7 Å². The van der Waals surface area contributed by atoms with Crippen LogP contribution in [0.2, 0.25) is 0 Å². The highest BCUT2D eigenvalue weighted by Gasteiger charge is 2.23. The highest BCUT2D eigenvalue weighted by Crippen LogP contribution is 2.35. The Labute approximate surface area is 116 Å². The Kier molecular flexibility index (Phi) is 3.93. The van der Waals surface area contributed by atoms with E-state index >= 15 is 0 Å². The summed E-state index contributed by atoms with van der Waals surface area (Å²) in [7, 11) is 2.09. The number of carbonyl (C=O) groups excluding carboxylic acids is 1. The van der Waals surface area contributed by atoms with Crippen molar-refractivity contribution in [1.82, 2.24) is 4.90 Å². The molecule has 0 aliphatic carbocycles. The van der Waals surface area contributed by atoms with Crippen LogP contribution in [0.3, 0.4) is 0 Å². The third-order valence-corrected chi connectivity index (χ3v) is 4.39. The number of hydrogen-bond acceptors (Lipinski definition) is 6. The lowest BCUT2D eigenvalue weighted by molar-refractivity contribution is 0.100. The second kappa shape index (κ2) is 5.47. The molecule has 1 saturated heterocycles. The first kappa shape index (κ1) is 13.6. The quantitative estimate of drug-likeness (QED) is 0.758. The van der Waals surface area contributed by atoms with Crippen LogP contribution in [-0.4, -0.2) is 37.0 Å². The Morgan fingerprint density at radius 2 is 2.16 bits per heavy atom. The summed E-state index contributed by atoms with van der Waals surface area (Å²) in [5.74, 6) is -0.592. The van der Waals surface area contributed by atoms with E-state index in [2.05, 4.69) is 17.3 Å². The van der Waals surface area contributed by atoms with E-state index in [-0.39, 0.29) is 11.3 Å². The second-order valence-electron chi connectivity index (χ2n) is 4.75. The molecule has 1 fully saturated rings. The zero-order chi connectivity index (χ0) is 14.0. The minimum absolute atomic E-state index is 0.190. The van der Waals surface area contributed by atoms with Crippen LogP contribution in [0.5, 0.6) is 0 Å². The van der Waals surface area contributed by atoms with E-state index in [0.717, 1.165) is 25.9 Å². The molecule has 7 heteroatoms. The average Bonchev–Trinajstić information content (AvgIpc) is 2.68. The van der Waals surface area contributed by atoms with Crippen LogP contribution in [0.25, 0.3) is 0 Å². The molecule has 0 bridgehead atoms. The number of likely N-dealkylation sites (tertiary alicyclic amines) is 1. The maximum atomic E-state index is 11.5. The van der Waals surface area contributed by atoms with Crippen molar-refractivity contribution in [3.05, 3.63) is 10.4 Å². The summed E-state index contributed by atoms with van der Waals surface area (Å²) in [5.41, 5.74) is 11.6. The van der Waals surface area contributed by atoms with Crippen molar-refractivity contribution < 1.29 is 4.79 Å². The van der Waals surface area contributed by atoms with Crippen LogP contribution >= 0.6 is 11.3 Å². The van der Waals surface area contributed by atoms with Crippen molar-refractivity contribution in [2.75, 3.05) is 31.2 Å². The van der Waals surface area contributed by atoms with Crippen molar-refractivity contribution in [1.29, 1.82) is 5.26 Å². The van der Waals surface area contributed by atoms with E-state index in [1.54, 1.807) is 0 Å². The van der Waals surface area contributed by atoms with Gasteiger partial charge in [0.2, 0.25) is 0 Å². The van der Waals surface area contributed by atoms with Crippen molar-refractivity contribution >= 4 is 27.9 Å². The van der Waals surface area contributed by atoms with Crippen molar-refractivity contribution in [3.63, 3.8) is 0 Å². The van der Waals surface area contributed by atoms with Gasteiger partial charge in [0.05, 0.1) is 11.3 Å². The van der Waals surface area contributed by atoms with E-state index in [1.165, 1.54) is 11.3 Å². The lowest BCUT2D eigenvalue weighted by Crippen LogP contribution is -2.36. The molecule has 1 aliphatic heterocycles. The SMILES string of the molecule is CN1CCC(Nc2sc(C#N)c(N)c2C(N)=O)CC1. The highest BCUT2D eigenvalue weighted by molar-refractivity contribution is 7.17. The van der Waals surface area contributed by atoms with Gasteiger partial charge in [-0.3, -0.25) is 4.79 Å². The normalized spacial score (nSPS) is 17.1. The number of thiophene rings is 1. The van der Waals surface area contributed by atoms with Gasteiger partial charge < -0.3 is 21.7 Å². The van der Waals surface area contributed by atoms with Crippen LogP contribution < -0.4 is 16.8 Å². The van der Waals surface area contributed by atoms with E-state index in [0.29, 0.717) is 15.9 Å². The number of nitrogen functional groups attached to an aromatic ring is 1. The van der Waals surface area contributed by atoms with Crippen LogP contribution in [0.1, 0.15) is 28.1 Å². The van der Waals surface area contributed by atoms with Crippen LogP contribution in [0.4, 0.5) is 10.7 Å². The number of carbonyl (C=O) groups is 1. The molecule has 102 valence electrons. The van der Waals surface area contributed by atoms with Crippen LogP contribution in [0.15, 0.2) is 0 Å². The molecule has 19 heavy (non-hydrogen) atoms. The van der Waals surface area contributed by atoms with Gasteiger partial charge in [-0.05, 0) is 33.0 Å². The van der Waals surface area contributed by atoms with Gasteiger partial charge in [-0.1, -0.05) is 0 Å². The summed E-state index contributed by atoms with van der Waals surface area (Å²) in [6.07, 6.45) is 1.99. The van der Waals surface area contributed by atoms with Crippen molar-refractivity contribution in [2.24, 2.45) is 5.73 Å². The van der Waals surface area contributed by atoms with Gasteiger partial charge in [0, 0.05) is 6.04 Å². The summed E-state index contributed by atoms with van der Waals surface area (Å²) in [6, 6.07) is 2.28. The molecule has 0 spiro atoms. The number of hydrogen-bond donors (Lipinski definition) is 3. The topological polar surface area (TPSA) is 108 Å². The lowest BCUT2D eigenvalue weighted by Gasteiger charge is -2.29. The second-order valence-corrected chi connectivity index (χ2v) is 5.77. The average molecular weight is 279 g/mol.